The van der Waals surface area contributed by atoms with Crippen LogP contribution in [0.25, 0.3) is 0 Å². The summed E-state index contributed by atoms with van der Waals surface area (Å²) in [6.07, 6.45) is 3.82. The third kappa shape index (κ3) is 4.74. The van der Waals surface area contributed by atoms with E-state index in [2.05, 4.69) is 36.0 Å². The van der Waals surface area contributed by atoms with Crippen molar-refractivity contribution >= 4 is 5.91 Å². The van der Waals surface area contributed by atoms with Gasteiger partial charge < -0.3 is 10.2 Å². The van der Waals surface area contributed by atoms with Gasteiger partial charge in [0.1, 0.15) is 0 Å². The molecule has 116 valence electrons. The Kier molecular flexibility index (Phi) is 5.85. The highest BCUT2D eigenvalue weighted by Crippen LogP contribution is 2.21. The number of likely N-dealkylation sites (tertiary alicyclic amines) is 1. The normalized spacial score (nSPS) is 31.6. The Morgan fingerprint density at radius 2 is 2.00 bits per heavy atom. The number of carbonyl (C=O) groups excluding carboxylic acids is 1. The van der Waals surface area contributed by atoms with Crippen LogP contribution in [-0.4, -0.2) is 62.0 Å². The van der Waals surface area contributed by atoms with Gasteiger partial charge in [0.05, 0.1) is 6.54 Å². The zero-order valence-electron chi connectivity index (χ0n) is 13.4. The van der Waals surface area contributed by atoms with E-state index in [4.69, 9.17) is 0 Å². The molecular formula is C16H31N3O. The van der Waals surface area contributed by atoms with Crippen molar-refractivity contribution in [1.29, 1.82) is 0 Å². The van der Waals surface area contributed by atoms with E-state index in [1.807, 2.05) is 0 Å². The molecule has 2 aliphatic heterocycles. The Bertz CT molecular complexity index is 305. The van der Waals surface area contributed by atoms with Crippen molar-refractivity contribution in [2.45, 2.75) is 33.1 Å². The molecule has 2 fully saturated rings. The molecule has 0 bridgehead atoms. The topological polar surface area (TPSA) is 35.6 Å². The molecule has 20 heavy (non-hydrogen) atoms. The smallest absolute Gasteiger partial charge is 0.236 e. The molecule has 0 saturated carbocycles. The van der Waals surface area contributed by atoms with E-state index in [0.29, 0.717) is 30.2 Å². The second-order valence-electron chi connectivity index (χ2n) is 7.15. The largest absolute Gasteiger partial charge is 0.341 e. The van der Waals surface area contributed by atoms with Crippen LogP contribution in [-0.2, 0) is 4.79 Å². The van der Waals surface area contributed by atoms with Crippen LogP contribution >= 0.6 is 0 Å². The molecule has 2 rings (SSSR count). The number of piperidine rings is 2. The lowest BCUT2D eigenvalue weighted by molar-refractivity contribution is -0.134. The minimum atomic E-state index is 0.315. The maximum absolute atomic E-state index is 12.4. The highest BCUT2D eigenvalue weighted by molar-refractivity contribution is 5.78. The Morgan fingerprint density at radius 1 is 1.30 bits per heavy atom. The van der Waals surface area contributed by atoms with Gasteiger partial charge in [0.15, 0.2) is 0 Å². The third-order valence-corrected chi connectivity index (χ3v) is 4.60. The Morgan fingerprint density at radius 3 is 2.60 bits per heavy atom. The number of nitrogens with one attached hydrogen (secondary N) is 1. The number of carbonyl (C=O) groups is 1. The number of hydrogen-bond acceptors (Lipinski definition) is 3. The molecule has 0 radical (unpaired) electrons. The molecule has 0 aliphatic carbocycles. The Balaban J connectivity index is 1.75. The molecule has 1 N–H and O–H groups in total. The highest BCUT2D eigenvalue weighted by atomic mass is 16.2. The highest BCUT2D eigenvalue weighted by Gasteiger charge is 2.26. The number of rotatable bonds is 4. The van der Waals surface area contributed by atoms with Crippen LogP contribution in [0.1, 0.15) is 33.1 Å². The summed E-state index contributed by atoms with van der Waals surface area (Å²) in [4.78, 5) is 16.7. The lowest BCUT2D eigenvalue weighted by Gasteiger charge is -2.36. The van der Waals surface area contributed by atoms with Gasteiger partial charge in [-0.15, -0.1) is 0 Å². The molecular weight excluding hydrogens is 250 g/mol. The summed E-state index contributed by atoms with van der Waals surface area (Å²) in [6.45, 7) is 10.3. The first-order valence-electron chi connectivity index (χ1n) is 8.21. The first-order valence-corrected chi connectivity index (χ1v) is 8.21. The van der Waals surface area contributed by atoms with Gasteiger partial charge in [0, 0.05) is 19.6 Å². The zero-order chi connectivity index (χ0) is 14.5. The molecule has 4 nitrogen and oxygen atoms in total. The average Bonchev–Trinajstić information content (AvgIpc) is 2.38. The molecule has 4 heteroatoms. The molecule has 0 aromatic carbocycles. The van der Waals surface area contributed by atoms with Crippen LogP contribution in [0, 0.1) is 17.8 Å². The van der Waals surface area contributed by atoms with Crippen LogP contribution < -0.4 is 5.32 Å². The Hall–Kier alpha value is -0.610. The molecule has 3 atom stereocenters. The Labute approximate surface area is 123 Å². The van der Waals surface area contributed by atoms with E-state index in [9.17, 15) is 4.79 Å². The first kappa shape index (κ1) is 15.8. The summed E-state index contributed by atoms with van der Waals surface area (Å²) < 4.78 is 0. The maximum atomic E-state index is 12.4. The molecule has 0 aromatic heterocycles. The minimum absolute atomic E-state index is 0.315. The van der Waals surface area contributed by atoms with Gasteiger partial charge in [0.2, 0.25) is 5.91 Å². The van der Waals surface area contributed by atoms with E-state index >= 15 is 0 Å². The molecule has 2 aliphatic rings. The van der Waals surface area contributed by atoms with E-state index in [-0.39, 0.29) is 0 Å². The number of likely N-dealkylation sites (N-methyl/N-ethyl adjacent to an activating group) is 1. The molecule has 0 aromatic rings. The summed E-state index contributed by atoms with van der Waals surface area (Å²) >= 11 is 0. The minimum Gasteiger partial charge on any atom is -0.341 e. The summed E-state index contributed by atoms with van der Waals surface area (Å²) in [7, 11) is 2.09. The quantitative estimate of drug-likeness (QED) is 0.846. The van der Waals surface area contributed by atoms with Gasteiger partial charge in [-0.05, 0) is 57.2 Å². The van der Waals surface area contributed by atoms with Crippen LogP contribution in [0.5, 0.6) is 0 Å². The second-order valence-corrected chi connectivity index (χ2v) is 7.15. The lowest BCUT2D eigenvalue weighted by atomic mass is 9.92. The van der Waals surface area contributed by atoms with Crippen LogP contribution in [0.3, 0.4) is 0 Å². The molecule has 1 amide bonds. The fourth-order valence-electron chi connectivity index (χ4n) is 3.78. The molecule has 2 saturated heterocycles. The summed E-state index contributed by atoms with van der Waals surface area (Å²) in [6, 6.07) is 0. The molecule has 0 spiro atoms. The van der Waals surface area contributed by atoms with Crippen molar-refractivity contribution in [2.24, 2.45) is 17.8 Å². The van der Waals surface area contributed by atoms with Crippen molar-refractivity contribution in [3.05, 3.63) is 0 Å². The molecule has 2 heterocycles. The number of amides is 1. The van der Waals surface area contributed by atoms with Crippen LogP contribution in [0.15, 0.2) is 0 Å². The predicted molar refractivity (Wildman–Crippen MR) is 82.6 cm³/mol. The summed E-state index contributed by atoms with van der Waals surface area (Å²) in [5, 5.41) is 3.45. The van der Waals surface area contributed by atoms with Crippen LogP contribution in [0.2, 0.25) is 0 Å². The van der Waals surface area contributed by atoms with Crippen molar-refractivity contribution in [3.8, 4) is 0 Å². The summed E-state index contributed by atoms with van der Waals surface area (Å²) in [5.41, 5.74) is 0. The van der Waals surface area contributed by atoms with Gasteiger partial charge in [-0.25, -0.2) is 0 Å². The monoisotopic (exact) mass is 281 g/mol. The SMILES string of the molecule is CC1CC(C)CN(C(=O)CN(C)CC2CCCNC2)C1. The van der Waals surface area contributed by atoms with Crippen molar-refractivity contribution < 1.29 is 4.79 Å². The van der Waals surface area contributed by atoms with Gasteiger partial charge in [-0.3, -0.25) is 9.69 Å². The van der Waals surface area contributed by atoms with E-state index in [1.165, 1.54) is 19.3 Å². The first-order chi connectivity index (χ1) is 9.54. The fourth-order valence-corrected chi connectivity index (χ4v) is 3.78. The van der Waals surface area contributed by atoms with Crippen molar-refractivity contribution in [1.82, 2.24) is 15.1 Å². The van der Waals surface area contributed by atoms with Crippen molar-refractivity contribution in [2.75, 3.05) is 46.3 Å². The number of hydrogen-bond donors (Lipinski definition) is 1. The van der Waals surface area contributed by atoms with Gasteiger partial charge in [-0.1, -0.05) is 13.8 Å². The lowest BCUT2D eigenvalue weighted by Crippen LogP contribution is -2.47. The summed E-state index contributed by atoms with van der Waals surface area (Å²) in [5.74, 6) is 2.32. The average molecular weight is 281 g/mol. The predicted octanol–water partition coefficient (Wildman–Crippen LogP) is 1.42. The van der Waals surface area contributed by atoms with E-state index in [0.717, 1.165) is 32.7 Å². The van der Waals surface area contributed by atoms with Gasteiger partial charge in [-0.2, -0.15) is 0 Å². The zero-order valence-corrected chi connectivity index (χ0v) is 13.4. The van der Waals surface area contributed by atoms with Crippen LogP contribution in [0.4, 0.5) is 0 Å². The third-order valence-electron chi connectivity index (χ3n) is 4.60. The maximum Gasteiger partial charge on any atom is 0.236 e. The van der Waals surface area contributed by atoms with Gasteiger partial charge >= 0.3 is 0 Å². The number of nitrogens with zero attached hydrogens (tertiary/aromatic N) is 2. The molecule has 3 unspecified atom stereocenters. The van der Waals surface area contributed by atoms with Crippen molar-refractivity contribution in [3.63, 3.8) is 0 Å². The standard InChI is InChI=1S/C16H31N3O/c1-13-7-14(2)10-19(9-13)16(20)12-18(3)11-15-5-4-6-17-8-15/h13-15,17H,4-12H2,1-3H3. The van der Waals surface area contributed by atoms with E-state index < -0.39 is 0 Å². The fraction of sp³-hybridized carbons (Fsp3) is 0.938. The van der Waals surface area contributed by atoms with E-state index in [1.54, 1.807) is 0 Å². The van der Waals surface area contributed by atoms with Gasteiger partial charge in [0.25, 0.3) is 0 Å². The second kappa shape index (κ2) is 7.41.